The van der Waals surface area contributed by atoms with E-state index in [0.29, 0.717) is 11.3 Å². The molecule has 0 saturated heterocycles. The Morgan fingerprint density at radius 1 is 1.00 bits per heavy atom. The van der Waals surface area contributed by atoms with Crippen LogP contribution in [0, 0.1) is 11.3 Å². The van der Waals surface area contributed by atoms with E-state index in [2.05, 4.69) is 10.5 Å². The maximum absolute atomic E-state index is 12.4. The van der Waals surface area contributed by atoms with Crippen molar-refractivity contribution >= 4 is 16.7 Å². The SMILES string of the molecule is CC(C)(C)S(=O)/N=C(\c1ccccc1)c1ccc(C#N)cc1. The first-order chi connectivity index (χ1) is 10.4. The minimum atomic E-state index is -1.35. The number of nitriles is 1. The highest BCUT2D eigenvalue weighted by Crippen LogP contribution is 2.18. The second kappa shape index (κ2) is 6.67. The molecule has 0 aliphatic heterocycles. The Morgan fingerprint density at radius 3 is 2.05 bits per heavy atom. The molecule has 0 heterocycles. The van der Waals surface area contributed by atoms with Gasteiger partial charge in [0.25, 0.3) is 0 Å². The molecule has 2 rings (SSSR count). The van der Waals surface area contributed by atoms with Crippen molar-refractivity contribution in [2.24, 2.45) is 4.40 Å². The molecule has 0 aliphatic carbocycles. The van der Waals surface area contributed by atoms with Gasteiger partial charge in [0.05, 0.1) is 22.1 Å². The summed E-state index contributed by atoms with van der Waals surface area (Å²) in [5.74, 6) is 0. The van der Waals surface area contributed by atoms with Crippen LogP contribution in [0.4, 0.5) is 0 Å². The van der Waals surface area contributed by atoms with Crippen molar-refractivity contribution in [3.8, 4) is 6.07 Å². The van der Waals surface area contributed by atoms with Crippen molar-refractivity contribution in [1.29, 1.82) is 5.26 Å². The molecule has 0 bridgehead atoms. The lowest BCUT2D eigenvalue weighted by Crippen LogP contribution is -2.21. The van der Waals surface area contributed by atoms with Gasteiger partial charge in [0.15, 0.2) is 0 Å². The lowest BCUT2D eigenvalue weighted by atomic mass is 10.0. The molecule has 3 nitrogen and oxygen atoms in total. The highest BCUT2D eigenvalue weighted by molar-refractivity contribution is 7.85. The molecule has 0 N–H and O–H groups in total. The van der Waals surface area contributed by atoms with Crippen LogP contribution in [-0.4, -0.2) is 14.7 Å². The topological polar surface area (TPSA) is 53.2 Å². The fourth-order valence-corrected chi connectivity index (χ4v) is 2.44. The quantitative estimate of drug-likeness (QED) is 0.808. The van der Waals surface area contributed by atoms with Gasteiger partial charge in [-0.25, -0.2) is 4.21 Å². The third-order valence-corrected chi connectivity index (χ3v) is 4.43. The van der Waals surface area contributed by atoms with Crippen LogP contribution in [-0.2, 0) is 11.0 Å². The molecule has 0 aliphatic rings. The van der Waals surface area contributed by atoms with Gasteiger partial charge in [-0.3, -0.25) is 0 Å². The van der Waals surface area contributed by atoms with Gasteiger partial charge in [0.1, 0.15) is 11.0 Å². The molecular weight excluding hydrogens is 292 g/mol. The summed E-state index contributed by atoms with van der Waals surface area (Å²) in [5, 5.41) is 8.91. The smallest absolute Gasteiger partial charge is 0.145 e. The fraction of sp³-hybridized carbons (Fsp3) is 0.222. The zero-order valence-corrected chi connectivity index (χ0v) is 13.7. The average Bonchev–Trinajstić information content (AvgIpc) is 2.52. The summed E-state index contributed by atoms with van der Waals surface area (Å²) in [4.78, 5) is 0. The lowest BCUT2D eigenvalue weighted by Gasteiger charge is -2.15. The molecule has 112 valence electrons. The standard InChI is InChI=1S/C18H18N2OS/c1-18(2,3)22(21)20-17(15-7-5-4-6-8-15)16-11-9-14(13-19)10-12-16/h4-12H,1-3H3/b20-17+. The number of rotatable bonds is 3. The van der Waals surface area contributed by atoms with Crippen molar-refractivity contribution in [1.82, 2.24) is 0 Å². The van der Waals surface area contributed by atoms with Crippen molar-refractivity contribution in [2.45, 2.75) is 25.5 Å². The lowest BCUT2D eigenvalue weighted by molar-refractivity contribution is 0.650. The highest BCUT2D eigenvalue weighted by Gasteiger charge is 2.20. The first kappa shape index (κ1) is 16.1. The summed E-state index contributed by atoms with van der Waals surface area (Å²) in [7, 11) is -1.35. The minimum Gasteiger partial charge on any atom is -0.234 e. The predicted molar refractivity (Wildman–Crippen MR) is 91.1 cm³/mol. The number of nitrogens with zero attached hydrogens (tertiary/aromatic N) is 2. The molecule has 2 aromatic rings. The van der Waals surface area contributed by atoms with Crippen LogP contribution in [0.2, 0.25) is 0 Å². The second-order valence-corrected chi connectivity index (χ2v) is 7.76. The summed E-state index contributed by atoms with van der Waals surface area (Å²) < 4.78 is 16.4. The van der Waals surface area contributed by atoms with Crippen LogP contribution in [0.3, 0.4) is 0 Å². The Kier molecular flexibility index (Phi) is 4.89. The van der Waals surface area contributed by atoms with E-state index < -0.39 is 15.7 Å². The maximum Gasteiger partial charge on any atom is 0.145 e. The Morgan fingerprint density at radius 2 is 1.55 bits per heavy atom. The van der Waals surface area contributed by atoms with Gasteiger partial charge < -0.3 is 0 Å². The maximum atomic E-state index is 12.4. The highest BCUT2D eigenvalue weighted by atomic mass is 32.2. The fourth-order valence-electron chi connectivity index (χ4n) is 1.79. The van der Waals surface area contributed by atoms with E-state index in [0.717, 1.165) is 11.1 Å². The molecule has 0 aromatic heterocycles. The molecule has 0 fully saturated rings. The summed E-state index contributed by atoms with van der Waals surface area (Å²) in [6, 6.07) is 18.9. The predicted octanol–water partition coefficient (Wildman–Crippen LogP) is 3.86. The number of hydrogen-bond acceptors (Lipinski definition) is 2. The third kappa shape index (κ3) is 3.90. The first-order valence-electron chi connectivity index (χ1n) is 6.98. The van der Waals surface area contributed by atoms with Crippen LogP contribution in [0.1, 0.15) is 37.5 Å². The van der Waals surface area contributed by atoms with Crippen LogP contribution < -0.4 is 0 Å². The van der Waals surface area contributed by atoms with Crippen LogP contribution in [0.15, 0.2) is 59.0 Å². The third-order valence-electron chi connectivity index (χ3n) is 3.03. The van der Waals surface area contributed by atoms with E-state index in [1.54, 1.807) is 12.1 Å². The summed E-state index contributed by atoms with van der Waals surface area (Å²) in [6.07, 6.45) is 0. The molecule has 4 heteroatoms. The van der Waals surface area contributed by atoms with Crippen LogP contribution in [0.5, 0.6) is 0 Å². The molecule has 1 atom stereocenters. The number of hydrogen-bond donors (Lipinski definition) is 0. The van der Waals surface area contributed by atoms with Crippen molar-refractivity contribution in [3.05, 3.63) is 71.3 Å². The van der Waals surface area contributed by atoms with E-state index in [1.807, 2.05) is 63.2 Å². The van der Waals surface area contributed by atoms with E-state index in [9.17, 15) is 4.21 Å². The molecule has 0 spiro atoms. The van der Waals surface area contributed by atoms with Crippen molar-refractivity contribution in [2.75, 3.05) is 0 Å². The molecule has 0 amide bonds. The van der Waals surface area contributed by atoms with Gasteiger partial charge >= 0.3 is 0 Å². The summed E-state index contributed by atoms with van der Waals surface area (Å²) in [6.45, 7) is 5.69. The first-order valence-corrected chi connectivity index (χ1v) is 8.09. The Bertz CT molecular complexity index is 735. The normalized spacial score (nSPS) is 13.5. The van der Waals surface area contributed by atoms with Crippen molar-refractivity contribution in [3.63, 3.8) is 0 Å². The number of benzene rings is 2. The monoisotopic (exact) mass is 310 g/mol. The molecule has 0 radical (unpaired) electrons. The van der Waals surface area contributed by atoms with Crippen molar-refractivity contribution < 1.29 is 4.21 Å². The second-order valence-electron chi connectivity index (χ2n) is 5.86. The molecule has 0 saturated carbocycles. The van der Waals surface area contributed by atoms with E-state index in [1.165, 1.54) is 0 Å². The van der Waals surface area contributed by atoms with Gasteiger partial charge in [-0.2, -0.15) is 9.66 Å². The molecule has 1 unspecified atom stereocenters. The van der Waals surface area contributed by atoms with E-state index in [-0.39, 0.29) is 0 Å². The largest absolute Gasteiger partial charge is 0.234 e. The van der Waals surface area contributed by atoms with Gasteiger partial charge in [-0.05, 0) is 32.9 Å². The molecular formula is C18H18N2OS. The van der Waals surface area contributed by atoms with Gasteiger partial charge in [-0.1, -0.05) is 42.5 Å². The average molecular weight is 310 g/mol. The van der Waals surface area contributed by atoms with Gasteiger partial charge in [0.2, 0.25) is 0 Å². The van der Waals surface area contributed by atoms with Gasteiger partial charge in [0, 0.05) is 11.1 Å². The Labute approximate surface area is 133 Å². The zero-order valence-electron chi connectivity index (χ0n) is 12.9. The van der Waals surface area contributed by atoms with E-state index >= 15 is 0 Å². The molecule has 22 heavy (non-hydrogen) atoms. The Hall–Kier alpha value is -2.25. The van der Waals surface area contributed by atoms with Crippen LogP contribution >= 0.6 is 0 Å². The van der Waals surface area contributed by atoms with E-state index in [4.69, 9.17) is 5.26 Å². The summed E-state index contributed by atoms with van der Waals surface area (Å²) >= 11 is 0. The Balaban J connectivity index is 2.53. The molecule has 2 aromatic carbocycles. The van der Waals surface area contributed by atoms with Gasteiger partial charge in [-0.15, -0.1) is 0 Å². The summed E-state index contributed by atoms with van der Waals surface area (Å²) in [5.41, 5.74) is 3.03. The zero-order chi connectivity index (χ0) is 16.2. The van der Waals surface area contributed by atoms with Crippen LogP contribution in [0.25, 0.3) is 0 Å². The minimum absolute atomic E-state index is 0.424.